The summed E-state index contributed by atoms with van der Waals surface area (Å²) < 4.78 is 5.80. The number of anilines is 1. The number of ether oxygens (including phenoxy) is 1. The van der Waals surface area contributed by atoms with Crippen LogP contribution in [0.3, 0.4) is 0 Å². The lowest BCUT2D eigenvalue weighted by atomic mass is 10.1. The lowest BCUT2D eigenvalue weighted by Crippen LogP contribution is -2.32. The summed E-state index contributed by atoms with van der Waals surface area (Å²) in [6.45, 7) is 8.82. The highest BCUT2D eigenvalue weighted by Crippen LogP contribution is 2.27. The standard InChI is InChI=1S/C23H28N2O3/c1-15(2)28-21-8-6-5-7-18(21)13-24-23(27)19-12-22(26)25(14-19)20-10-9-16(3)17(4)11-20/h5-11,15,19H,12-14H2,1-4H3,(H,24,27)/t19-/m1/s1. The number of carbonyl (C=O) groups excluding carboxylic acids is 2. The number of carbonyl (C=O) groups is 2. The van der Waals surface area contributed by atoms with Gasteiger partial charge in [0.2, 0.25) is 11.8 Å². The second-order valence-corrected chi connectivity index (χ2v) is 7.67. The molecular formula is C23H28N2O3. The minimum Gasteiger partial charge on any atom is -0.491 e. The predicted octanol–water partition coefficient (Wildman–Crippen LogP) is 3.76. The van der Waals surface area contributed by atoms with Crippen molar-refractivity contribution >= 4 is 17.5 Å². The van der Waals surface area contributed by atoms with E-state index in [1.807, 2.05) is 70.2 Å². The van der Waals surface area contributed by atoms with Crippen molar-refractivity contribution in [3.63, 3.8) is 0 Å². The van der Waals surface area contributed by atoms with Crippen molar-refractivity contribution in [2.75, 3.05) is 11.4 Å². The molecule has 1 aliphatic rings. The van der Waals surface area contributed by atoms with E-state index < -0.39 is 0 Å². The van der Waals surface area contributed by atoms with Crippen LogP contribution in [0.1, 0.15) is 37.0 Å². The predicted molar refractivity (Wildman–Crippen MR) is 110 cm³/mol. The Morgan fingerprint density at radius 2 is 1.93 bits per heavy atom. The molecule has 3 rings (SSSR count). The summed E-state index contributed by atoms with van der Waals surface area (Å²) in [4.78, 5) is 26.8. The molecule has 0 aromatic heterocycles. The van der Waals surface area contributed by atoms with E-state index in [1.54, 1.807) is 4.90 Å². The largest absolute Gasteiger partial charge is 0.491 e. The van der Waals surface area contributed by atoms with Crippen LogP contribution in [0.25, 0.3) is 0 Å². The van der Waals surface area contributed by atoms with Gasteiger partial charge in [0.15, 0.2) is 0 Å². The Kier molecular flexibility index (Phi) is 6.02. The van der Waals surface area contributed by atoms with Crippen molar-refractivity contribution in [3.05, 3.63) is 59.2 Å². The molecule has 0 saturated carbocycles. The molecule has 0 spiro atoms. The van der Waals surface area contributed by atoms with E-state index in [0.29, 0.717) is 13.1 Å². The maximum absolute atomic E-state index is 12.7. The molecule has 0 aliphatic carbocycles. The summed E-state index contributed by atoms with van der Waals surface area (Å²) in [5.41, 5.74) is 4.12. The summed E-state index contributed by atoms with van der Waals surface area (Å²) in [7, 11) is 0. The fraction of sp³-hybridized carbons (Fsp3) is 0.391. The van der Waals surface area contributed by atoms with Crippen molar-refractivity contribution in [2.24, 2.45) is 5.92 Å². The minimum absolute atomic E-state index is 0.00746. The average Bonchev–Trinajstić information content (AvgIpc) is 3.04. The number of nitrogens with one attached hydrogen (secondary N) is 1. The van der Waals surface area contributed by atoms with Gasteiger partial charge in [-0.1, -0.05) is 24.3 Å². The van der Waals surface area contributed by atoms with Crippen LogP contribution in [0.5, 0.6) is 5.75 Å². The molecule has 1 fully saturated rings. The fourth-order valence-corrected chi connectivity index (χ4v) is 3.37. The third-order valence-electron chi connectivity index (χ3n) is 5.09. The maximum atomic E-state index is 12.7. The van der Waals surface area contributed by atoms with Crippen LogP contribution in [-0.2, 0) is 16.1 Å². The first-order valence-electron chi connectivity index (χ1n) is 9.75. The van der Waals surface area contributed by atoms with Gasteiger partial charge in [-0.15, -0.1) is 0 Å². The molecular weight excluding hydrogens is 352 g/mol. The molecule has 2 aromatic carbocycles. The van der Waals surface area contributed by atoms with Crippen LogP contribution >= 0.6 is 0 Å². The molecule has 5 heteroatoms. The quantitative estimate of drug-likeness (QED) is 0.830. The summed E-state index contributed by atoms with van der Waals surface area (Å²) in [5, 5.41) is 2.97. The van der Waals surface area contributed by atoms with Crippen molar-refractivity contribution in [3.8, 4) is 5.75 Å². The Balaban J connectivity index is 1.63. The van der Waals surface area contributed by atoms with Gasteiger partial charge in [-0.25, -0.2) is 0 Å². The molecule has 1 heterocycles. The Hall–Kier alpha value is -2.82. The SMILES string of the molecule is Cc1ccc(N2C[C@H](C(=O)NCc3ccccc3OC(C)C)CC2=O)cc1C. The molecule has 2 amide bonds. The van der Waals surface area contributed by atoms with E-state index >= 15 is 0 Å². The first-order chi connectivity index (χ1) is 13.3. The Morgan fingerprint density at radius 1 is 1.18 bits per heavy atom. The second-order valence-electron chi connectivity index (χ2n) is 7.67. The van der Waals surface area contributed by atoms with Crippen molar-refractivity contribution < 1.29 is 14.3 Å². The van der Waals surface area contributed by atoms with Crippen LogP contribution in [0.4, 0.5) is 5.69 Å². The molecule has 1 atom stereocenters. The van der Waals surface area contributed by atoms with Crippen LogP contribution in [-0.4, -0.2) is 24.5 Å². The van der Waals surface area contributed by atoms with Gasteiger partial charge in [0, 0.05) is 30.8 Å². The zero-order valence-electron chi connectivity index (χ0n) is 17.0. The monoisotopic (exact) mass is 380 g/mol. The number of hydrogen-bond acceptors (Lipinski definition) is 3. The van der Waals surface area contributed by atoms with Crippen molar-refractivity contribution in [1.29, 1.82) is 0 Å². The smallest absolute Gasteiger partial charge is 0.227 e. The molecule has 0 radical (unpaired) electrons. The van der Waals surface area contributed by atoms with Crippen molar-refractivity contribution in [1.82, 2.24) is 5.32 Å². The van der Waals surface area contributed by atoms with Crippen LogP contribution in [0.15, 0.2) is 42.5 Å². The van der Waals surface area contributed by atoms with Crippen LogP contribution < -0.4 is 15.0 Å². The maximum Gasteiger partial charge on any atom is 0.227 e. The van der Waals surface area contributed by atoms with Gasteiger partial charge in [0.05, 0.1) is 12.0 Å². The highest BCUT2D eigenvalue weighted by atomic mass is 16.5. The Labute approximate surface area is 166 Å². The summed E-state index contributed by atoms with van der Waals surface area (Å²) in [5.74, 6) is 0.329. The summed E-state index contributed by atoms with van der Waals surface area (Å²) >= 11 is 0. The van der Waals surface area contributed by atoms with E-state index in [1.165, 1.54) is 5.56 Å². The molecule has 148 valence electrons. The zero-order valence-corrected chi connectivity index (χ0v) is 17.0. The van der Waals surface area contributed by atoms with Gasteiger partial charge in [0.25, 0.3) is 0 Å². The highest BCUT2D eigenvalue weighted by molar-refractivity contribution is 6.00. The first-order valence-corrected chi connectivity index (χ1v) is 9.75. The number of rotatable bonds is 6. The lowest BCUT2D eigenvalue weighted by Gasteiger charge is -2.18. The molecule has 0 bridgehead atoms. The third kappa shape index (κ3) is 4.53. The fourth-order valence-electron chi connectivity index (χ4n) is 3.37. The molecule has 0 unspecified atom stereocenters. The molecule has 1 N–H and O–H groups in total. The summed E-state index contributed by atoms with van der Waals surface area (Å²) in [6, 6.07) is 13.7. The number of nitrogens with zero attached hydrogens (tertiary/aromatic N) is 1. The number of para-hydroxylation sites is 1. The Morgan fingerprint density at radius 3 is 2.64 bits per heavy atom. The number of hydrogen-bond donors (Lipinski definition) is 1. The molecule has 28 heavy (non-hydrogen) atoms. The lowest BCUT2D eigenvalue weighted by molar-refractivity contribution is -0.126. The van der Waals surface area contributed by atoms with Gasteiger partial charge >= 0.3 is 0 Å². The number of amides is 2. The number of aryl methyl sites for hydroxylation is 2. The van der Waals surface area contributed by atoms with E-state index in [2.05, 4.69) is 5.32 Å². The number of benzene rings is 2. The third-order valence-corrected chi connectivity index (χ3v) is 5.09. The van der Waals surface area contributed by atoms with E-state index in [9.17, 15) is 9.59 Å². The van der Waals surface area contributed by atoms with Gasteiger partial charge in [-0.05, 0) is 57.0 Å². The minimum atomic E-state index is -0.340. The molecule has 1 aliphatic heterocycles. The van der Waals surface area contributed by atoms with Gasteiger partial charge < -0.3 is 15.0 Å². The van der Waals surface area contributed by atoms with Gasteiger partial charge in [0.1, 0.15) is 5.75 Å². The van der Waals surface area contributed by atoms with Crippen molar-refractivity contribution in [2.45, 2.75) is 46.8 Å². The molecule has 1 saturated heterocycles. The van der Waals surface area contributed by atoms with E-state index in [-0.39, 0.29) is 30.3 Å². The topological polar surface area (TPSA) is 58.6 Å². The Bertz CT molecular complexity index is 876. The zero-order chi connectivity index (χ0) is 20.3. The molecule has 5 nitrogen and oxygen atoms in total. The first kappa shape index (κ1) is 19.9. The second kappa shape index (κ2) is 8.46. The van der Waals surface area contributed by atoms with E-state index in [0.717, 1.165) is 22.6 Å². The van der Waals surface area contributed by atoms with Crippen LogP contribution in [0.2, 0.25) is 0 Å². The average molecular weight is 380 g/mol. The highest BCUT2D eigenvalue weighted by Gasteiger charge is 2.35. The van der Waals surface area contributed by atoms with Crippen LogP contribution in [0, 0.1) is 19.8 Å². The normalized spacial score (nSPS) is 16.5. The van der Waals surface area contributed by atoms with Gasteiger partial charge in [-0.3, -0.25) is 9.59 Å². The van der Waals surface area contributed by atoms with Gasteiger partial charge in [-0.2, -0.15) is 0 Å². The molecule has 2 aromatic rings. The summed E-state index contributed by atoms with van der Waals surface area (Å²) in [6.07, 6.45) is 0.305. The van der Waals surface area contributed by atoms with E-state index in [4.69, 9.17) is 4.74 Å².